The van der Waals surface area contributed by atoms with Gasteiger partial charge in [0.25, 0.3) is 0 Å². The van der Waals surface area contributed by atoms with E-state index in [0.717, 1.165) is 6.54 Å². The van der Waals surface area contributed by atoms with Crippen LogP contribution in [-0.2, 0) is 9.53 Å². The van der Waals surface area contributed by atoms with Crippen molar-refractivity contribution in [3.05, 3.63) is 34.9 Å². The highest BCUT2D eigenvalue weighted by molar-refractivity contribution is 5.71. The van der Waals surface area contributed by atoms with E-state index >= 15 is 0 Å². The number of aryl methyl sites for hydroxylation is 2. The fourth-order valence-corrected chi connectivity index (χ4v) is 3.37. The Labute approximate surface area is 126 Å². The number of likely N-dealkylation sites (N-methyl/N-ethyl adjacent to an activating group) is 1. The number of aliphatic carboxylic acids is 1. The summed E-state index contributed by atoms with van der Waals surface area (Å²) in [5, 5.41) is 9.36. The Kier molecular flexibility index (Phi) is 5.01. The Morgan fingerprint density at radius 3 is 2.71 bits per heavy atom. The zero-order valence-electron chi connectivity index (χ0n) is 13.3. The molecule has 21 heavy (non-hydrogen) atoms. The van der Waals surface area contributed by atoms with Gasteiger partial charge < -0.3 is 9.84 Å². The molecular weight excluding hydrogens is 266 g/mol. The number of rotatable bonds is 5. The second-order valence-corrected chi connectivity index (χ2v) is 5.92. The number of carboxylic acid groups (broad SMARTS) is 1. The normalized spacial score (nSPS) is 23.5. The fraction of sp³-hybridized carbons (Fsp3) is 0.588. The van der Waals surface area contributed by atoms with Gasteiger partial charge in [0.15, 0.2) is 0 Å². The quantitative estimate of drug-likeness (QED) is 0.906. The van der Waals surface area contributed by atoms with Gasteiger partial charge in [0.05, 0.1) is 19.1 Å². The molecule has 0 aromatic heterocycles. The second-order valence-electron chi connectivity index (χ2n) is 5.92. The topological polar surface area (TPSA) is 49.8 Å². The van der Waals surface area contributed by atoms with Gasteiger partial charge in [-0.2, -0.15) is 0 Å². The lowest BCUT2D eigenvalue weighted by molar-refractivity contribution is -0.143. The molecule has 1 fully saturated rings. The summed E-state index contributed by atoms with van der Waals surface area (Å²) < 4.78 is 5.43. The number of carboxylic acids is 1. The highest BCUT2D eigenvalue weighted by Gasteiger charge is 2.39. The molecule has 0 amide bonds. The summed E-state index contributed by atoms with van der Waals surface area (Å²) >= 11 is 0. The van der Waals surface area contributed by atoms with E-state index in [9.17, 15) is 9.90 Å². The third-order valence-electron chi connectivity index (χ3n) is 4.53. The monoisotopic (exact) mass is 291 g/mol. The standard InChI is InChI=1S/C17H25NO3/c1-5-18(16-10-21-9-15(16)17(19)20)13(4)14-7-6-11(2)8-12(14)3/h6-8,13,15-16H,5,9-10H2,1-4H3,(H,19,20). The first kappa shape index (κ1) is 16.0. The molecule has 1 aromatic carbocycles. The Morgan fingerprint density at radius 1 is 1.43 bits per heavy atom. The number of carbonyl (C=O) groups is 1. The van der Waals surface area contributed by atoms with E-state index in [1.165, 1.54) is 16.7 Å². The predicted molar refractivity (Wildman–Crippen MR) is 82.4 cm³/mol. The van der Waals surface area contributed by atoms with Crippen LogP contribution in [0.3, 0.4) is 0 Å². The summed E-state index contributed by atoms with van der Waals surface area (Å²) in [5.74, 6) is -1.19. The van der Waals surface area contributed by atoms with Gasteiger partial charge in [-0.3, -0.25) is 9.69 Å². The zero-order chi connectivity index (χ0) is 15.6. The smallest absolute Gasteiger partial charge is 0.310 e. The number of hydrogen-bond acceptors (Lipinski definition) is 3. The summed E-state index contributed by atoms with van der Waals surface area (Å²) in [6.45, 7) is 10.1. The molecule has 3 atom stereocenters. The lowest BCUT2D eigenvalue weighted by atomic mass is 9.95. The molecule has 1 saturated heterocycles. The summed E-state index contributed by atoms with van der Waals surface area (Å²) in [4.78, 5) is 13.6. The van der Waals surface area contributed by atoms with Crippen LogP contribution in [0.1, 0.15) is 36.6 Å². The SMILES string of the molecule is CCN(C(C)c1ccc(C)cc1C)C1COCC1C(=O)O. The van der Waals surface area contributed by atoms with Gasteiger partial charge in [0, 0.05) is 12.1 Å². The average molecular weight is 291 g/mol. The molecule has 4 heteroatoms. The third-order valence-corrected chi connectivity index (χ3v) is 4.53. The van der Waals surface area contributed by atoms with Crippen LogP contribution in [0, 0.1) is 19.8 Å². The van der Waals surface area contributed by atoms with Gasteiger partial charge >= 0.3 is 5.97 Å². The summed E-state index contributed by atoms with van der Waals surface area (Å²) in [7, 11) is 0. The first-order valence-corrected chi connectivity index (χ1v) is 7.59. The molecule has 1 aliphatic rings. The Morgan fingerprint density at radius 2 is 2.14 bits per heavy atom. The van der Waals surface area contributed by atoms with E-state index in [4.69, 9.17) is 4.74 Å². The summed E-state index contributed by atoms with van der Waals surface area (Å²) in [6.07, 6.45) is 0. The van der Waals surface area contributed by atoms with Crippen molar-refractivity contribution in [2.45, 2.75) is 39.8 Å². The van der Waals surface area contributed by atoms with Crippen molar-refractivity contribution in [2.75, 3.05) is 19.8 Å². The minimum absolute atomic E-state index is 0.0526. The van der Waals surface area contributed by atoms with Gasteiger partial charge in [-0.15, -0.1) is 0 Å². The third kappa shape index (κ3) is 3.27. The summed E-state index contributed by atoms with van der Waals surface area (Å²) in [6, 6.07) is 6.59. The number of ether oxygens (including phenoxy) is 1. The molecule has 1 heterocycles. The first-order valence-electron chi connectivity index (χ1n) is 7.59. The first-order chi connectivity index (χ1) is 9.95. The maximum atomic E-state index is 11.4. The van der Waals surface area contributed by atoms with E-state index in [1.54, 1.807) is 0 Å². The lowest BCUT2D eigenvalue weighted by Crippen LogP contribution is -2.44. The maximum Gasteiger partial charge on any atom is 0.310 e. The van der Waals surface area contributed by atoms with Crippen molar-refractivity contribution in [1.29, 1.82) is 0 Å². The molecular formula is C17H25NO3. The van der Waals surface area contributed by atoms with E-state index in [2.05, 4.69) is 50.8 Å². The lowest BCUT2D eigenvalue weighted by Gasteiger charge is -2.35. The predicted octanol–water partition coefficient (Wildman–Crippen LogP) is 2.79. The van der Waals surface area contributed by atoms with Crippen molar-refractivity contribution >= 4 is 5.97 Å². The minimum Gasteiger partial charge on any atom is -0.481 e. The Bertz CT molecular complexity index is 515. The Balaban J connectivity index is 2.26. The average Bonchev–Trinajstić information content (AvgIpc) is 2.88. The van der Waals surface area contributed by atoms with Crippen LogP contribution in [0.4, 0.5) is 0 Å². The van der Waals surface area contributed by atoms with Crippen molar-refractivity contribution in [1.82, 2.24) is 4.90 Å². The van der Waals surface area contributed by atoms with Crippen LogP contribution in [0.25, 0.3) is 0 Å². The molecule has 2 rings (SSSR count). The van der Waals surface area contributed by atoms with Crippen LogP contribution in [0.15, 0.2) is 18.2 Å². The van der Waals surface area contributed by atoms with Gasteiger partial charge in [-0.05, 0) is 38.4 Å². The molecule has 0 aliphatic carbocycles. The molecule has 0 saturated carbocycles. The molecule has 1 aliphatic heterocycles. The number of nitrogens with zero attached hydrogens (tertiary/aromatic N) is 1. The Hall–Kier alpha value is -1.39. The van der Waals surface area contributed by atoms with E-state index in [1.807, 2.05) is 0 Å². The summed E-state index contributed by atoms with van der Waals surface area (Å²) in [5.41, 5.74) is 3.77. The second kappa shape index (κ2) is 6.58. The van der Waals surface area contributed by atoms with Gasteiger partial charge in [0.1, 0.15) is 0 Å². The van der Waals surface area contributed by atoms with Crippen molar-refractivity contribution in [2.24, 2.45) is 5.92 Å². The molecule has 0 radical (unpaired) electrons. The zero-order valence-corrected chi connectivity index (χ0v) is 13.3. The number of hydrogen-bond donors (Lipinski definition) is 1. The van der Waals surface area contributed by atoms with E-state index in [0.29, 0.717) is 13.2 Å². The highest BCUT2D eigenvalue weighted by atomic mass is 16.5. The van der Waals surface area contributed by atoms with E-state index < -0.39 is 11.9 Å². The largest absolute Gasteiger partial charge is 0.481 e. The fourth-order valence-electron chi connectivity index (χ4n) is 3.37. The minimum atomic E-state index is -0.760. The molecule has 0 spiro atoms. The van der Waals surface area contributed by atoms with Crippen LogP contribution < -0.4 is 0 Å². The molecule has 4 nitrogen and oxygen atoms in total. The van der Waals surface area contributed by atoms with Crippen LogP contribution in [0.2, 0.25) is 0 Å². The van der Waals surface area contributed by atoms with Crippen LogP contribution in [-0.4, -0.2) is 41.8 Å². The number of benzene rings is 1. The van der Waals surface area contributed by atoms with Crippen LogP contribution >= 0.6 is 0 Å². The van der Waals surface area contributed by atoms with E-state index in [-0.39, 0.29) is 12.1 Å². The van der Waals surface area contributed by atoms with Gasteiger partial charge in [-0.1, -0.05) is 30.7 Å². The maximum absolute atomic E-state index is 11.4. The molecule has 1 N–H and O–H groups in total. The van der Waals surface area contributed by atoms with Gasteiger partial charge in [-0.25, -0.2) is 0 Å². The van der Waals surface area contributed by atoms with Crippen molar-refractivity contribution < 1.29 is 14.6 Å². The van der Waals surface area contributed by atoms with Crippen molar-refractivity contribution in [3.8, 4) is 0 Å². The van der Waals surface area contributed by atoms with Crippen molar-refractivity contribution in [3.63, 3.8) is 0 Å². The highest BCUT2D eigenvalue weighted by Crippen LogP contribution is 2.30. The molecule has 0 bridgehead atoms. The molecule has 1 aromatic rings. The molecule has 3 unspecified atom stereocenters. The van der Waals surface area contributed by atoms with Crippen LogP contribution in [0.5, 0.6) is 0 Å². The molecule has 116 valence electrons. The van der Waals surface area contributed by atoms with Gasteiger partial charge in [0.2, 0.25) is 0 Å².